The van der Waals surface area contributed by atoms with Crippen LogP contribution in [0.25, 0.3) is 0 Å². The maximum atomic E-state index is 12.3. The third kappa shape index (κ3) is 3.30. The lowest BCUT2D eigenvalue weighted by molar-refractivity contribution is -0.151. The molecule has 1 aliphatic rings. The maximum absolute atomic E-state index is 12.3. The van der Waals surface area contributed by atoms with E-state index >= 15 is 0 Å². The topological polar surface area (TPSA) is 26.3 Å². The molecule has 108 valence electrons. The highest BCUT2D eigenvalue weighted by atomic mass is 16.5. The van der Waals surface area contributed by atoms with Crippen LogP contribution in [0.5, 0.6) is 0 Å². The normalized spacial score (nSPS) is 21.7. The van der Waals surface area contributed by atoms with Crippen molar-refractivity contribution in [1.82, 2.24) is 0 Å². The van der Waals surface area contributed by atoms with Crippen molar-refractivity contribution in [2.75, 3.05) is 0 Å². The molecule has 2 heteroatoms. The molecule has 0 heterocycles. The van der Waals surface area contributed by atoms with Gasteiger partial charge in [-0.2, -0.15) is 0 Å². The molecule has 0 aliphatic heterocycles. The van der Waals surface area contributed by atoms with Crippen LogP contribution in [-0.4, -0.2) is 5.97 Å². The summed E-state index contributed by atoms with van der Waals surface area (Å²) in [5, 5.41) is 0. The number of hydrogen-bond donors (Lipinski definition) is 0. The number of rotatable bonds is 3. The highest BCUT2D eigenvalue weighted by Gasteiger charge is 2.35. The first-order valence-electron chi connectivity index (χ1n) is 7.27. The summed E-state index contributed by atoms with van der Waals surface area (Å²) in [4.78, 5) is 12.3. The Morgan fingerprint density at radius 1 is 1.25 bits per heavy atom. The largest absolute Gasteiger partial charge is 0.461 e. The van der Waals surface area contributed by atoms with E-state index in [1.807, 2.05) is 30.3 Å². The first kappa shape index (κ1) is 14.8. The standard InChI is InChI=1S/C18H24O2/c1-13-10-16(11-18(3,4)14(13)2)17(19)20-12-15-8-6-5-7-9-15/h5-9,16H,10-12H2,1-4H3. The van der Waals surface area contributed by atoms with Crippen LogP contribution in [0.3, 0.4) is 0 Å². The van der Waals surface area contributed by atoms with E-state index in [1.54, 1.807) is 0 Å². The Morgan fingerprint density at radius 2 is 1.90 bits per heavy atom. The Bertz CT molecular complexity index is 511. The second-order valence-electron chi connectivity index (χ2n) is 6.49. The second-order valence-corrected chi connectivity index (χ2v) is 6.49. The van der Waals surface area contributed by atoms with Crippen molar-refractivity contribution in [3.8, 4) is 0 Å². The van der Waals surface area contributed by atoms with Gasteiger partial charge in [0.05, 0.1) is 5.92 Å². The van der Waals surface area contributed by atoms with Crippen molar-refractivity contribution in [3.63, 3.8) is 0 Å². The lowest BCUT2D eigenvalue weighted by atomic mass is 9.69. The van der Waals surface area contributed by atoms with Crippen LogP contribution in [-0.2, 0) is 16.1 Å². The molecule has 1 aromatic carbocycles. The Hall–Kier alpha value is -1.57. The summed E-state index contributed by atoms with van der Waals surface area (Å²) in [6.07, 6.45) is 1.71. The number of esters is 1. The first-order chi connectivity index (χ1) is 9.40. The molecule has 0 aromatic heterocycles. The Labute approximate surface area is 121 Å². The Kier molecular flexibility index (Phi) is 4.32. The summed E-state index contributed by atoms with van der Waals surface area (Å²) in [6, 6.07) is 9.85. The molecule has 1 aromatic rings. The van der Waals surface area contributed by atoms with E-state index in [0.29, 0.717) is 6.61 Å². The quantitative estimate of drug-likeness (QED) is 0.598. The van der Waals surface area contributed by atoms with Crippen molar-refractivity contribution in [2.45, 2.75) is 47.1 Å². The van der Waals surface area contributed by atoms with Gasteiger partial charge >= 0.3 is 5.97 Å². The molecule has 0 fully saturated rings. The summed E-state index contributed by atoms with van der Waals surface area (Å²) in [6.45, 7) is 9.11. The fraction of sp³-hybridized carbons (Fsp3) is 0.500. The smallest absolute Gasteiger partial charge is 0.309 e. The average Bonchev–Trinajstić information content (AvgIpc) is 2.42. The maximum Gasteiger partial charge on any atom is 0.309 e. The molecule has 2 nitrogen and oxygen atoms in total. The van der Waals surface area contributed by atoms with Crippen molar-refractivity contribution in [2.24, 2.45) is 11.3 Å². The highest BCUT2D eigenvalue weighted by molar-refractivity contribution is 5.73. The van der Waals surface area contributed by atoms with E-state index in [-0.39, 0.29) is 17.3 Å². The number of hydrogen-bond acceptors (Lipinski definition) is 2. The second kappa shape index (κ2) is 5.82. The zero-order valence-corrected chi connectivity index (χ0v) is 12.9. The first-order valence-corrected chi connectivity index (χ1v) is 7.27. The van der Waals surface area contributed by atoms with E-state index in [0.717, 1.165) is 18.4 Å². The van der Waals surface area contributed by atoms with Crippen LogP contribution < -0.4 is 0 Å². The van der Waals surface area contributed by atoms with E-state index in [4.69, 9.17) is 4.74 Å². The number of allylic oxidation sites excluding steroid dienone is 2. The van der Waals surface area contributed by atoms with Gasteiger partial charge in [0, 0.05) is 0 Å². The molecule has 0 amide bonds. The molecule has 0 spiro atoms. The van der Waals surface area contributed by atoms with Crippen LogP contribution in [0, 0.1) is 11.3 Å². The van der Waals surface area contributed by atoms with E-state index in [9.17, 15) is 4.79 Å². The number of ether oxygens (including phenoxy) is 1. The molecular formula is C18H24O2. The van der Waals surface area contributed by atoms with Crippen LogP contribution in [0.15, 0.2) is 41.5 Å². The van der Waals surface area contributed by atoms with Crippen molar-refractivity contribution in [1.29, 1.82) is 0 Å². The Morgan fingerprint density at radius 3 is 2.50 bits per heavy atom. The summed E-state index contributed by atoms with van der Waals surface area (Å²) >= 11 is 0. The van der Waals surface area contributed by atoms with Gasteiger partial charge in [-0.15, -0.1) is 0 Å². The van der Waals surface area contributed by atoms with Crippen molar-refractivity contribution < 1.29 is 9.53 Å². The molecule has 0 N–H and O–H groups in total. The predicted octanol–water partition coefficient (Wildman–Crippen LogP) is 4.50. The molecule has 2 rings (SSSR count). The van der Waals surface area contributed by atoms with Gasteiger partial charge in [0.1, 0.15) is 6.61 Å². The van der Waals surface area contributed by atoms with Gasteiger partial charge in [-0.1, -0.05) is 55.3 Å². The minimum absolute atomic E-state index is 0.00240. The fourth-order valence-corrected chi connectivity index (χ4v) is 2.95. The highest BCUT2D eigenvalue weighted by Crippen LogP contribution is 2.42. The lowest BCUT2D eigenvalue weighted by Gasteiger charge is -2.36. The van der Waals surface area contributed by atoms with Gasteiger partial charge in [0.25, 0.3) is 0 Å². The van der Waals surface area contributed by atoms with Gasteiger partial charge in [0.2, 0.25) is 0 Å². The lowest BCUT2D eigenvalue weighted by Crippen LogP contribution is -2.30. The van der Waals surface area contributed by atoms with Gasteiger partial charge in [-0.05, 0) is 37.7 Å². The predicted molar refractivity (Wildman–Crippen MR) is 81.1 cm³/mol. The van der Waals surface area contributed by atoms with Crippen molar-refractivity contribution >= 4 is 5.97 Å². The average molecular weight is 272 g/mol. The van der Waals surface area contributed by atoms with Crippen LogP contribution >= 0.6 is 0 Å². The zero-order chi connectivity index (χ0) is 14.8. The summed E-state index contributed by atoms with van der Waals surface area (Å²) in [5.74, 6) is -0.0637. The molecular weight excluding hydrogens is 248 g/mol. The summed E-state index contributed by atoms with van der Waals surface area (Å²) in [7, 11) is 0. The van der Waals surface area contributed by atoms with Gasteiger partial charge < -0.3 is 4.74 Å². The van der Waals surface area contributed by atoms with Gasteiger partial charge in [0.15, 0.2) is 0 Å². The third-order valence-corrected chi connectivity index (χ3v) is 4.52. The van der Waals surface area contributed by atoms with Crippen LogP contribution in [0.2, 0.25) is 0 Å². The third-order valence-electron chi connectivity index (χ3n) is 4.52. The van der Waals surface area contributed by atoms with Crippen LogP contribution in [0.4, 0.5) is 0 Å². The van der Waals surface area contributed by atoms with Crippen LogP contribution in [0.1, 0.15) is 46.1 Å². The summed E-state index contributed by atoms with van der Waals surface area (Å²) in [5.41, 5.74) is 3.89. The van der Waals surface area contributed by atoms with E-state index in [1.165, 1.54) is 11.1 Å². The van der Waals surface area contributed by atoms with E-state index < -0.39 is 0 Å². The SMILES string of the molecule is CC1=C(C)C(C)(C)CC(C(=O)OCc2ccccc2)C1. The fourth-order valence-electron chi connectivity index (χ4n) is 2.95. The molecule has 20 heavy (non-hydrogen) atoms. The number of carbonyl (C=O) groups is 1. The monoisotopic (exact) mass is 272 g/mol. The molecule has 1 aliphatic carbocycles. The molecule has 1 unspecified atom stereocenters. The number of benzene rings is 1. The summed E-state index contributed by atoms with van der Waals surface area (Å²) < 4.78 is 5.48. The molecule has 0 bridgehead atoms. The molecule has 0 radical (unpaired) electrons. The molecule has 1 atom stereocenters. The molecule has 0 saturated carbocycles. The minimum atomic E-state index is -0.0613. The van der Waals surface area contributed by atoms with Gasteiger partial charge in [-0.3, -0.25) is 4.79 Å². The van der Waals surface area contributed by atoms with Crippen molar-refractivity contribution in [3.05, 3.63) is 47.0 Å². The number of carbonyl (C=O) groups excluding carboxylic acids is 1. The van der Waals surface area contributed by atoms with E-state index in [2.05, 4.69) is 27.7 Å². The minimum Gasteiger partial charge on any atom is -0.461 e. The zero-order valence-electron chi connectivity index (χ0n) is 12.9. The van der Waals surface area contributed by atoms with Gasteiger partial charge in [-0.25, -0.2) is 0 Å². The Balaban J connectivity index is 1.98. The molecule has 0 saturated heterocycles.